The summed E-state index contributed by atoms with van der Waals surface area (Å²) in [5.41, 5.74) is 5.39. The highest BCUT2D eigenvalue weighted by Gasteiger charge is 2.51. The molecule has 2 aromatic carbocycles. The van der Waals surface area contributed by atoms with Crippen LogP contribution in [0, 0.1) is 0 Å². The van der Waals surface area contributed by atoms with Crippen LogP contribution in [-0.4, -0.2) is 17.1 Å². The molecule has 1 saturated carbocycles. The number of hydrogen-bond acceptors (Lipinski definition) is 2. The molecule has 1 atom stereocenters. The third-order valence-electron chi connectivity index (χ3n) is 7.56. The third-order valence-corrected chi connectivity index (χ3v) is 7.56. The zero-order valence-electron chi connectivity index (χ0n) is 22.6. The summed E-state index contributed by atoms with van der Waals surface area (Å²) in [4.78, 5) is 13.6. The number of amides is 1. The lowest BCUT2D eigenvalue weighted by molar-refractivity contribution is -0.118. The van der Waals surface area contributed by atoms with Gasteiger partial charge in [-0.1, -0.05) is 53.7 Å². The number of nitrogens with one attached hydrogen (secondary N) is 1. The van der Waals surface area contributed by atoms with Crippen LogP contribution in [0.4, 0.5) is 5.69 Å². The average Bonchev–Trinajstić information content (AvgIpc) is 3.56. The molecule has 1 N–H and O–H groups in total. The predicted molar refractivity (Wildman–Crippen MR) is 147 cm³/mol. The number of rotatable bonds is 9. The summed E-state index contributed by atoms with van der Waals surface area (Å²) < 4.78 is 8.33. The smallest absolute Gasteiger partial charge is 0.235 e. The van der Waals surface area contributed by atoms with Gasteiger partial charge in [-0.2, -0.15) is 0 Å². The van der Waals surface area contributed by atoms with E-state index in [-0.39, 0.29) is 11.3 Å². The SMILES string of the molecule is CCCn1c(C(C)(C)C)cc2cc(NC(=O)C3(c4ccc(OCC)c(C(C)CC)c4)CC3)ccc21. The molecule has 1 heterocycles. The van der Waals surface area contributed by atoms with Crippen LogP contribution in [-0.2, 0) is 22.2 Å². The maximum Gasteiger partial charge on any atom is 0.235 e. The second-order valence-electron chi connectivity index (χ2n) is 11.2. The Kier molecular flexibility index (Phi) is 7.04. The molecule has 4 rings (SSSR count). The van der Waals surface area contributed by atoms with Crippen molar-refractivity contribution < 1.29 is 9.53 Å². The Morgan fingerprint density at radius 2 is 1.83 bits per heavy atom. The number of aromatic nitrogens is 1. The van der Waals surface area contributed by atoms with E-state index >= 15 is 0 Å². The molecular formula is C31H42N2O2. The van der Waals surface area contributed by atoms with E-state index in [9.17, 15) is 4.79 Å². The highest BCUT2D eigenvalue weighted by atomic mass is 16.5. The fourth-order valence-corrected chi connectivity index (χ4v) is 5.20. The van der Waals surface area contributed by atoms with Crippen molar-refractivity contribution in [3.63, 3.8) is 0 Å². The molecule has 1 aromatic heterocycles. The van der Waals surface area contributed by atoms with Crippen LogP contribution in [0.3, 0.4) is 0 Å². The standard InChI is InChI=1S/C31H42N2O2/c1-8-17-33-26-13-12-24(18-22(26)19-28(33)30(5,6)7)32-29(34)31(15-16-31)23-11-14-27(35-10-3)25(20-23)21(4)9-2/h11-14,18-21H,8-10,15-17H2,1-7H3,(H,32,34). The van der Waals surface area contributed by atoms with Crippen molar-refractivity contribution in [1.82, 2.24) is 4.57 Å². The lowest BCUT2D eigenvalue weighted by Gasteiger charge is -2.22. The van der Waals surface area contributed by atoms with Gasteiger partial charge in [0, 0.05) is 34.2 Å². The number of anilines is 1. The monoisotopic (exact) mass is 474 g/mol. The average molecular weight is 475 g/mol. The van der Waals surface area contributed by atoms with E-state index in [1.807, 2.05) is 6.92 Å². The molecule has 0 aliphatic heterocycles. The minimum absolute atomic E-state index is 0.0661. The van der Waals surface area contributed by atoms with Gasteiger partial charge in [0.15, 0.2) is 0 Å². The molecule has 1 amide bonds. The quantitative estimate of drug-likeness (QED) is 0.342. The molecule has 1 unspecified atom stereocenters. The molecule has 188 valence electrons. The molecule has 0 radical (unpaired) electrons. The van der Waals surface area contributed by atoms with Gasteiger partial charge in [-0.25, -0.2) is 0 Å². The highest BCUT2D eigenvalue weighted by molar-refractivity contribution is 6.02. The van der Waals surface area contributed by atoms with Gasteiger partial charge >= 0.3 is 0 Å². The van der Waals surface area contributed by atoms with Gasteiger partial charge in [0.05, 0.1) is 12.0 Å². The van der Waals surface area contributed by atoms with Gasteiger partial charge in [0.2, 0.25) is 5.91 Å². The Balaban J connectivity index is 1.63. The minimum Gasteiger partial charge on any atom is -0.494 e. The van der Waals surface area contributed by atoms with Crippen molar-refractivity contribution >= 4 is 22.5 Å². The van der Waals surface area contributed by atoms with Crippen molar-refractivity contribution in [2.45, 2.75) is 97.4 Å². The van der Waals surface area contributed by atoms with Crippen LogP contribution >= 0.6 is 0 Å². The molecule has 1 aliphatic carbocycles. The molecule has 4 heteroatoms. The van der Waals surface area contributed by atoms with E-state index in [0.29, 0.717) is 12.5 Å². The number of aryl methyl sites for hydroxylation is 1. The van der Waals surface area contributed by atoms with Crippen molar-refractivity contribution in [2.24, 2.45) is 0 Å². The first-order valence-electron chi connectivity index (χ1n) is 13.4. The van der Waals surface area contributed by atoms with Gasteiger partial charge in [-0.05, 0) is 80.0 Å². The predicted octanol–water partition coefficient (Wildman–Crippen LogP) is 7.93. The normalized spacial score (nSPS) is 15.7. The first kappa shape index (κ1) is 25.3. The topological polar surface area (TPSA) is 43.3 Å². The summed E-state index contributed by atoms with van der Waals surface area (Å²) in [5, 5.41) is 4.44. The minimum atomic E-state index is -0.438. The van der Waals surface area contributed by atoms with Gasteiger partial charge in [-0.15, -0.1) is 0 Å². The fourth-order valence-electron chi connectivity index (χ4n) is 5.20. The van der Waals surface area contributed by atoms with Gasteiger partial charge < -0.3 is 14.6 Å². The molecule has 4 nitrogen and oxygen atoms in total. The van der Waals surface area contributed by atoms with Crippen LogP contribution in [0.25, 0.3) is 10.9 Å². The Morgan fingerprint density at radius 3 is 2.43 bits per heavy atom. The number of fused-ring (bicyclic) bond motifs is 1. The Bertz CT molecular complexity index is 1210. The summed E-state index contributed by atoms with van der Waals surface area (Å²) in [6, 6.07) is 15.0. The number of nitrogens with zero attached hydrogens (tertiary/aromatic N) is 1. The lowest BCUT2D eigenvalue weighted by atomic mass is 9.89. The Morgan fingerprint density at radius 1 is 1.09 bits per heavy atom. The summed E-state index contributed by atoms with van der Waals surface area (Å²) in [7, 11) is 0. The molecule has 1 fully saturated rings. The number of carbonyl (C=O) groups is 1. The Labute approximate surface area is 211 Å². The number of ether oxygens (including phenoxy) is 1. The van der Waals surface area contributed by atoms with Crippen molar-refractivity contribution in [3.05, 3.63) is 59.3 Å². The second-order valence-corrected chi connectivity index (χ2v) is 11.2. The van der Waals surface area contributed by atoms with Gasteiger partial charge in [0.25, 0.3) is 0 Å². The first-order chi connectivity index (χ1) is 16.6. The van der Waals surface area contributed by atoms with E-state index in [1.165, 1.54) is 22.2 Å². The number of carbonyl (C=O) groups excluding carboxylic acids is 1. The zero-order chi connectivity index (χ0) is 25.4. The number of benzene rings is 2. The maximum atomic E-state index is 13.6. The fraction of sp³-hybridized carbons (Fsp3) is 0.516. The number of hydrogen-bond donors (Lipinski definition) is 1. The van der Waals surface area contributed by atoms with Gasteiger partial charge in [0.1, 0.15) is 5.75 Å². The van der Waals surface area contributed by atoms with E-state index in [2.05, 4.69) is 93.9 Å². The van der Waals surface area contributed by atoms with Crippen LogP contribution in [0.5, 0.6) is 5.75 Å². The lowest BCUT2D eigenvalue weighted by Crippen LogP contribution is -2.28. The maximum absolute atomic E-state index is 13.6. The third kappa shape index (κ3) is 4.85. The molecule has 0 spiro atoms. The summed E-state index contributed by atoms with van der Waals surface area (Å²) in [6.07, 6.45) is 3.90. The van der Waals surface area contributed by atoms with Crippen molar-refractivity contribution in [1.29, 1.82) is 0 Å². The van der Waals surface area contributed by atoms with E-state index < -0.39 is 5.41 Å². The molecular weight excluding hydrogens is 432 g/mol. The highest BCUT2D eigenvalue weighted by Crippen LogP contribution is 2.50. The molecule has 3 aromatic rings. The van der Waals surface area contributed by atoms with Crippen LogP contribution in [0.2, 0.25) is 0 Å². The molecule has 0 saturated heterocycles. The summed E-state index contributed by atoms with van der Waals surface area (Å²) in [5.74, 6) is 1.43. The van der Waals surface area contributed by atoms with E-state index in [4.69, 9.17) is 4.74 Å². The Hall–Kier alpha value is -2.75. The van der Waals surface area contributed by atoms with E-state index in [1.54, 1.807) is 0 Å². The zero-order valence-corrected chi connectivity index (χ0v) is 22.6. The summed E-state index contributed by atoms with van der Waals surface area (Å²) >= 11 is 0. The molecule has 0 bridgehead atoms. The molecule has 35 heavy (non-hydrogen) atoms. The first-order valence-corrected chi connectivity index (χ1v) is 13.4. The van der Waals surface area contributed by atoms with E-state index in [0.717, 1.165) is 49.2 Å². The second kappa shape index (κ2) is 9.72. The van der Waals surface area contributed by atoms with Crippen LogP contribution in [0.1, 0.15) is 96.9 Å². The summed E-state index contributed by atoms with van der Waals surface area (Å²) in [6.45, 7) is 17.1. The molecule has 1 aliphatic rings. The van der Waals surface area contributed by atoms with Crippen molar-refractivity contribution in [3.8, 4) is 5.75 Å². The van der Waals surface area contributed by atoms with Crippen LogP contribution < -0.4 is 10.1 Å². The van der Waals surface area contributed by atoms with Crippen molar-refractivity contribution in [2.75, 3.05) is 11.9 Å². The van der Waals surface area contributed by atoms with Crippen LogP contribution in [0.15, 0.2) is 42.5 Å². The largest absolute Gasteiger partial charge is 0.494 e. The van der Waals surface area contributed by atoms with Gasteiger partial charge in [-0.3, -0.25) is 4.79 Å².